The largest absolute Gasteiger partial charge is 0.381 e. The molecule has 0 spiro atoms. The third kappa shape index (κ3) is 9.05. The molecule has 1 heterocycles. The van der Waals surface area contributed by atoms with Gasteiger partial charge in [-0.25, -0.2) is 0 Å². The molecule has 0 aromatic heterocycles. The fraction of sp³-hybridized carbons (Fsp3) is 0.882. The molecule has 24 heavy (non-hydrogen) atoms. The van der Waals surface area contributed by atoms with Gasteiger partial charge < -0.3 is 20.3 Å². The summed E-state index contributed by atoms with van der Waals surface area (Å²) < 4.78 is 5.63. The average molecular weight is 452 g/mol. The lowest BCUT2D eigenvalue weighted by atomic mass is 10.4. The second-order valence-corrected chi connectivity index (χ2v) is 6.40. The summed E-state index contributed by atoms with van der Waals surface area (Å²) in [6.45, 7) is 8.05. The molecule has 2 rings (SSSR count). The molecule has 1 saturated heterocycles. The van der Waals surface area contributed by atoms with E-state index in [1.54, 1.807) is 0 Å². The number of amides is 1. The van der Waals surface area contributed by atoms with Gasteiger partial charge in [0.05, 0.1) is 0 Å². The summed E-state index contributed by atoms with van der Waals surface area (Å²) in [5.74, 6) is 2.00. The Hall–Kier alpha value is -0.570. The van der Waals surface area contributed by atoms with Gasteiger partial charge in [0.25, 0.3) is 0 Å². The first-order valence-electron chi connectivity index (χ1n) is 9.17. The summed E-state index contributed by atoms with van der Waals surface area (Å²) in [6, 6.07) is 0. The minimum atomic E-state index is 0. The summed E-state index contributed by atoms with van der Waals surface area (Å²) in [5.41, 5.74) is 0. The predicted molar refractivity (Wildman–Crippen MR) is 108 cm³/mol. The third-order valence-electron chi connectivity index (χ3n) is 4.18. The van der Waals surface area contributed by atoms with Gasteiger partial charge in [0.2, 0.25) is 5.91 Å². The topological polar surface area (TPSA) is 66.0 Å². The lowest BCUT2D eigenvalue weighted by molar-refractivity contribution is -0.127. The Labute approximate surface area is 163 Å². The van der Waals surface area contributed by atoms with E-state index in [9.17, 15) is 4.79 Å². The van der Waals surface area contributed by atoms with E-state index in [0.29, 0.717) is 5.91 Å². The maximum absolute atomic E-state index is 11.5. The molecule has 2 aliphatic rings. The van der Waals surface area contributed by atoms with Crippen LogP contribution in [0.2, 0.25) is 0 Å². The molecule has 1 saturated carbocycles. The molecule has 2 N–H and O–H groups in total. The van der Waals surface area contributed by atoms with Crippen molar-refractivity contribution in [3.63, 3.8) is 0 Å². The van der Waals surface area contributed by atoms with Gasteiger partial charge in [0.15, 0.2) is 5.96 Å². The van der Waals surface area contributed by atoms with Gasteiger partial charge in [-0.3, -0.25) is 9.79 Å². The van der Waals surface area contributed by atoms with Crippen molar-refractivity contribution in [2.75, 3.05) is 45.9 Å². The molecule has 0 aromatic carbocycles. The van der Waals surface area contributed by atoms with Crippen LogP contribution in [0, 0.1) is 5.92 Å². The maximum Gasteiger partial charge on any atom is 0.222 e. The van der Waals surface area contributed by atoms with Crippen LogP contribution >= 0.6 is 24.0 Å². The molecule has 1 aliphatic carbocycles. The van der Waals surface area contributed by atoms with Crippen molar-refractivity contribution < 1.29 is 9.53 Å². The second-order valence-electron chi connectivity index (χ2n) is 6.40. The van der Waals surface area contributed by atoms with Crippen LogP contribution in [0.3, 0.4) is 0 Å². The summed E-state index contributed by atoms with van der Waals surface area (Å²) in [7, 11) is 0. The molecule has 1 amide bonds. The predicted octanol–water partition coefficient (Wildman–Crippen LogP) is 1.99. The molecule has 6 nitrogen and oxygen atoms in total. The fourth-order valence-corrected chi connectivity index (χ4v) is 2.65. The molecule has 2 fully saturated rings. The number of hydrogen-bond donors (Lipinski definition) is 2. The van der Waals surface area contributed by atoms with E-state index in [0.717, 1.165) is 83.5 Å². The summed E-state index contributed by atoms with van der Waals surface area (Å²) in [4.78, 5) is 18.1. The first-order valence-corrected chi connectivity index (χ1v) is 9.17. The van der Waals surface area contributed by atoms with Crippen molar-refractivity contribution in [3.8, 4) is 0 Å². The van der Waals surface area contributed by atoms with Crippen molar-refractivity contribution in [2.24, 2.45) is 10.9 Å². The van der Waals surface area contributed by atoms with Crippen LogP contribution in [0.4, 0.5) is 0 Å². The number of likely N-dealkylation sites (tertiary alicyclic amines) is 1. The van der Waals surface area contributed by atoms with Crippen LogP contribution in [-0.4, -0.2) is 62.7 Å². The zero-order valence-corrected chi connectivity index (χ0v) is 17.2. The van der Waals surface area contributed by atoms with Gasteiger partial charge in [-0.15, -0.1) is 24.0 Å². The second kappa shape index (κ2) is 12.7. The highest BCUT2D eigenvalue weighted by Crippen LogP contribution is 2.28. The van der Waals surface area contributed by atoms with Crippen molar-refractivity contribution in [3.05, 3.63) is 0 Å². The zero-order chi connectivity index (χ0) is 16.3. The van der Waals surface area contributed by atoms with E-state index in [2.05, 4.69) is 22.5 Å². The van der Waals surface area contributed by atoms with Crippen LogP contribution in [-0.2, 0) is 9.53 Å². The van der Waals surface area contributed by atoms with Gasteiger partial charge in [0, 0.05) is 52.4 Å². The minimum Gasteiger partial charge on any atom is -0.381 e. The smallest absolute Gasteiger partial charge is 0.222 e. The van der Waals surface area contributed by atoms with E-state index >= 15 is 0 Å². The van der Waals surface area contributed by atoms with Crippen molar-refractivity contribution >= 4 is 35.8 Å². The van der Waals surface area contributed by atoms with E-state index in [1.807, 2.05) is 4.90 Å². The Morgan fingerprint density at radius 2 is 2.17 bits per heavy atom. The highest BCUT2D eigenvalue weighted by atomic mass is 127. The molecule has 0 atom stereocenters. The maximum atomic E-state index is 11.5. The Balaban J connectivity index is 0.00000288. The van der Waals surface area contributed by atoms with Gasteiger partial charge in [0.1, 0.15) is 0 Å². The number of aliphatic imine (C=N–C) groups is 1. The Morgan fingerprint density at radius 1 is 1.33 bits per heavy atom. The first-order chi connectivity index (χ1) is 11.3. The lowest BCUT2D eigenvalue weighted by Gasteiger charge is -2.15. The number of carbonyl (C=O) groups is 1. The monoisotopic (exact) mass is 452 g/mol. The van der Waals surface area contributed by atoms with Gasteiger partial charge in [-0.05, 0) is 44.9 Å². The van der Waals surface area contributed by atoms with Crippen molar-refractivity contribution in [1.29, 1.82) is 0 Å². The zero-order valence-electron chi connectivity index (χ0n) is 14.9. The third-order valence-corrected chi connectivity index (χ3v) is 4.18. The normalized spacial score (nSPS) is 17.8. The SMILES string of the molecule is CCNC(=NCCCN1CCCC1=O)NCCCOCC1CC1.I. The Bertz CT molecular complexity index is 389. The minimum absolute atomic E-state index is 0. The molecular formula is C17H33IN4O2. The van der Waals surface area contributed by atoms with Crippen LogP contribution in [0.25, 0.3) is 0 Å². The molecule has 0 radical (unpaired) electrons. The van der Waals surface area contributed by atoms with Crippen LogP contribution in [0.5, 0.6) is 0 Å². The highest BCUT2D eigenvalue weighted by molar-refractivity contribution is 14.0. The van der Waals surface area contributed by atoms with E-state index < -0.39 is 0 Å². The number of halogens is 1. The number of rotatable bonds is 11. The Morgan fingerprint density at radius 3 is 2.83 bits per heavy atom. The summed E-state index contributed by atoms with van der Waals surface area (Å²) >= 11 is 0. The number of nitrogens with one attached hydrogen (secondary N) is 2. The molecule has 140 valence electrons. The van der Waals surface area contributed by atoms with E-state index in [-0.39, 0.29) is 24.0 Å². The molecule has 0 unspecified atom stereocenters. The quantitative estimate of drug-likeness (QED) is 0.218. The Kier molecular flexibility index (Phi) is 11.4. The van der Waals surface area contributed by atoms with Crippen LogP contribution in [0.15, 0.2) is 4.99 Å². The molecule has 1 aliphatic heterocycles. The number of guanidine groups is 1. The molecule has 7 heteroatoms. The lowest BCUT2D eigenvalue weighted by Crippen LogP contribution is -2.38. The highest BCUT2D eigenvalue weighted by Gasteiger charge is 2.21. The molecular weight excluding hydrogens is 419 g/mol. The summed E-state index contributed by atoms with van der Waals surface area (Å²) in [6.07, 6.45) is 6.34. The van der Waals surface area contributed by atoms with Crippen LogP contribution < -0.4 is 10.6 Å². The molecule has 0 bridgehead atoms. The van der Waals surface area contributed by atoms with Gasteiger partial charge in [-0.2, -0.15) is 0 Å². The standard InChI is InChI=1S/C17H32N4O2.HI/c1-2-18-17(20-10-5-13-23-14-15-7-8-15)19-9-4-12-21-11-3-6-16(21)22;/h15H,2-14H2,1H3,(H2,18,19,20);1H. The average Bonchev–Trinajstić information content (AvgIpc) is 3.28. The number of ether oxygens (including phenoxy) is 1. The van der Waals surface area contributed by atoms with Crippen molar-refractivity contribution in [2.45, 2.75) is 45.4 Å². The molecule has 0 aromatic rings. The van der Waals surface area contributed by atoms with Crippen LogP contribution in [0.1, 0.15) is 45.4 Å². The first kappa shape index (κ1) is 21.5. The van der Waals surface area contributed by atoms with E-state index in [4.69, 9.17) is 4.74 Å². The van der Waals surface area contributed by atoms with E-state index in [1.165, 1.54) is 12.8 Å². The summed E-state index contributed by atoms with van der Waals surface area (Å²) in [5, 5.41) is 6.60. The van der Waals surface area contributed by atoms with Gasteiger partial charge in [-0.1, -0.05) is 0 Å². The van der Waals surface area contributed by atoms with Crippen molar-refractivity contribution in [1.82, 2.24) is 15.5 Å². The fourth-order valence-electron chi connectivity index (χ4n) is 2.65. The number of hydrogen-bond acceptors (Lipinski definition) is 3. The number of carbonyl (C=O) groups excluding carboxylic acids is 1. The van der Waals surface area contributed by atoms with Gasteiger partial charge >= 0.3 is 0 Å². The number of nitrogens with zero attached hydrogens (tertiary/aromatic N) is 2.